The van der Waals surface area contributed by atoms with Gasteiger partial charge in [-0.3, -0.25) is 0 Å². The van der Waals surface area contributed by atoms with Gasteiger partial charge < -0.3 is 10.6 Å². The van der Waals surface area contributed by atoms with E-state index in [9.17, 15) is 0 Å². The summed E-state index contributed by atoms with van der Waals surface area (Å²) in [5, 5.41) is 0. The van der Waals surface area contributed by atoms with Crippen molar-refractivity contribution >= 4 is 0 Å². The van der Waals surface area contributed by atoms with E-state index in [0.717, 1.165) is 24.4 Å². The molecule has 2 rings (SSSR count). The molecular weight excluding hydrogens is 160 g/mol. The van der Waals surface area contributed by atoms with Gasteiger partial charge in [0.2, 0.25) is 0 Å². The fourth-order valence-electron chi connectivity index (χ4n) is 2.70. The Kier molecular flexibility index (Phi) is 2.89. The fourth-order valence-corrected chi connectivity index (χ4v) is 2.70. The number of rotatable bonds is 4. The second kappa shape index (κ2) is 3.97. The Labute approximate surface area is 81.5 Å². The highest BCUT2D eigenvalue weighted by atomic mass is 15.2. The van der Waals surface area contributed by atoms with Crippen molar-refractivity contribution in [2.45, 2.75) is 38.1 Å². The fraction of sp³-hybridized carbons (Fsp3) is 1.00. The first-order valence-electron chi connectivity index (χ1n) is 5.71. The molecule has 76 valence electrons. The minimum atomic E-state index is 0.821. The molecule has 0 radical (unpaired) electrons. The third kappa shape index (κ3) is 2.23. The van der Waals surface area contributed by atoms with Crippen LogP contribution >= 0.6 is 0 Å². The van der Waals surface area contributed by atoms with Gasteiger partial charge in [0.25, 0.3) is 0 Å². The molecule has 2 aliphatic rings. The highest BCUT2D eigenvalue weighted by Crippen LogP contribution is 2.34. The van der Waals surface area contributed by atoms with Crippen molar-refractivity contribution in [3.05, 3.63) is 0 Å². The van der Waals surface area contributed by atoms with Crippen molar-refractivity contribution in [3.63, 3.8) is 0 Å². The third-order valence-corrected chi connectivity index (χ3v) is 3.81. The van der Waals surface area contributed by atoms with E-state index in [-0.39, 0.29) is 0 Å². The van der Waals surface area contributed by atoms with Crippen molar-refractivity contribution in [2.75, 3.05) is 20.1 Å². The van der Waals surface area contributed by atoms with Gasteiger partial charge in [0, 0.05) is 12.6 Å². The van der Waals surface area contributed by atoms with Gasteiger partial charge in [-0.25, -0.2) is 0 Å². The molecule has 0 aromatic carbocycles. The quantitative estimate of drug-likeness (QED) is 0.713. The van der Waals surface area contributed by atoms with E-state index >= 15 is 0 Å². The summed E-state index contributed by atoms with van der Waals surface area (Å²) in [6, 6.07) is 0.916. The Morgan fingerprint density at radius 3 is 2.46 bits per heavy atom. The summed E-state index contributed by atoms with van der Waals surface area (Å²) in [5.74, 6) is 1.72. The predicted octanol–water partition coefficient (Wildman–Crippen LogP) is 1.46. The standard InChI is InChI=1S/C11H22N2/c1-13(11-5-6-11)8-10-4-2-3-9(10)7-12/h9-11H,2-8,12H2,1H3. The lowest BCUT2D eigenvalue weighted by atomic mass is 9.96. The van der Waals surface area contributed by atoms with Crippen LogP contribution in [0.4, 0.5) is 0 Å². The molecule has 0 heterocycles. The van der Waals surface area contributed by atoms with Crippen molar-refractivity contribution in [3.8, 4) is 0 Å². The van der Waals surface area contributed by atoms with Crippen LogP contribution in [-0.4, -0.2) is 31.1 Å². The molecule has 2 unspecified atom stereocenters. The molecule has 0 aliphatic heterocycles. The van der Waals surface area contributed by atoms with Crippen LogP contribution in [0, 0.1) is 11.8 Å². The monoisotopic (exact) mass is 182 g/mol. The van der Waals surface area contributed by atoms with Crippen LogP contribution in [0.5, 0.6) is 0 Å². The van der Waals surface area contributed by atoms with Crippen LogP contribution in [0.25, 0.3) is 0 Å². The molecule has 0 amide bonds. The lowest BCUT2D eigenvalue weighted by Gasteiger charge is -2.24. The second-order valence-electron chi connectivity index (χ2n) is 4.86. The molecule has 0 aromatic heterocycles. The summed E-state index contributed by atoms with van der Waals surface area (Å²) in [6.07, 6.45) is 7.05. The van der Waals surface area contributed by atoms with Gasteiger partial charge in [0.15, 0.2) is 0 Å². The molecule has 2 N–H and O–H groups in total. The van der Waals surface area contributed by atoms with Crippen LogP contribution in [0.1, 0.15) is 32.1 Å². The summed E-state index contributed by atoms with van der Waals surface area (Å²) in [4.78, 5) is 2.55. The van der Waals surface area contributed by atoms with Crippen molar-refractivity contribution < 1.29 is 0 Å². The van der Waals surface area contributed by atoms with Gasteiger partial charge in [-0.1, -0.05) is 6.42 Å². The highest BCUT2D eigenvalue weighted by molar-refractivity contribution is 4.86. The largest absolute Gasteiger partial charge is 0.330 e. The maximum Gasteiger partial charge on any atom is 0.00934 e. The second-order valence-corrected chi connectivity index (χ2v) is 4.86. The SMILES string of the molecule is CN(CC1CCCC1CN)C1CC1. The van der Waals surface area contributed by atoms with E-state index in [4.69, 9.17) is 5.73 Å². The Bertz CT molecular complexity index is 165. The molecule has 0 spiro atoms. The predicted molar refractivity (Wildman–Crippen MR) is 55.5 cm³/mol. The zero-order valence-corrected chi connectivity index (χ0v) is 8.71. The maximum atomic E-state index is 5.77. The maximum absolute atomic E-state index is 5.77. The van der Waals surface area contributed by atoms with Crippen molar-refractivity contribution in [1.82, 2.24) is 4.90 Å². The molecular formula is C11H22N2. The summed E-state index contributed by atoms with van der Waals surface area (Å²) in [6.45, 7) is 2.20. The van der Waals surface area contributed by atoms with Gasteiger partial charge >= 0.3 is 0 Å². The van der Waals surface area contributed by atoms with E-state index < -0.39 is 0 Å². The molecule has 0 bridgehead atoms. The van der Waals surface area contributed by atoms with E-state index in [1.54, 1.807) is 0 Å². The summed E-state index contributed by atoms with van der Waals surface area (Å²) in [5.41, 5.74) is 5.77. The summed E-state index contributed by atoms with van der Waals surface area (Å²) in [7, 11) is 2.28. The van der Waals surface area contributed by atoms with Gasteiger partial charge in [-0.2, -0.15) is 0 Å². The van der Waals surface area contributed by atoms with Gasteiger partial charge in [0.05, 0.1) is 0 Å². The number of hydrogen-bond acceptors (Lipinski definition) is 2. The molecule has 0 aromatic rings. The Hall–Kier alpha value is -0.0800. The minimum absolute atomic E-state index is 0.821. The molecule has 2 fully saturated rings. The first-order chi connectivity index (χ1) is 6.31. The topological polar surface area (TPSA) is 29.3 Å². The van der Waals surface area contributed by atoms with E-state index in [1.165, 1.54) is 38.6 Å². The normalized spacial score (nSPS) is 34.4. The van der Waals surface area contributed by atoms with E-state index in [0.29, 0.717) is 0 Å². The van der Waals surface area contributed by atoms with E-state index in [1.807, 2.05) is 0 Å². The smallest absolute Gasteiger partial charge is 0.00934 e. The molecule has 2 heteroatoms. The molecule has 2 aliphatic carbocycles. The molecule has 0 saturated heterocycles. The van der Waals surface area contributed by atoms with Crippen LogP contribution in [-0.2, 0) is 0 Å². The molecule has 2 nitrogen and oxygen atoms in total. The van der Waals surface area contributed by atoms with Crippen molar-refractivity contribution in [2.24, 2.45) is 17.6 Å². The number of nitrogens with two attached hydrogens (primary N) is 1. The average molecular weight is 182 g/mol. The minimum Gasteiger partial charge on any atom is -0.330 e. The van der Waals surface area contributed by atoms with Crippen molar-refractivity contribution in [1.29, 1.82) is 0 Å². The van der Waals surface area contributed by atoms with E-state index in [2.05, 4.69) is 11.9 Å². The number of nitrogens with zero attached hydrogens (tertiary/aromatic N) is 1. The zero-order chi connectivity index (χ0) is 9.26. The van der Waals surface area contributed by atoms with Crippen LogP contribution in [0.3, 0.4) is 0 Å². The Morgan fingerprint density at radius 1 is 1.15 bits per heavy atom. The van der Waals surface area contributed by atoms with Gasteiger partial charge in [-0.05, 0) is 51.1 Å². The first-order valence-corrected chi connectivity index (χ1v) is 5.71. The zero-order valence-electron chi connectivity index (χ0n) is 8.71. The Morgan fingerprint density at radius 2 is 1.85 bits per heavy atom. The van der Waals surface area contributed by atoms with Crippen LogP contribution in [0.2, 0.25) is 0 Å². The van der Waals surface area contributed by atoms with Crippen LogP contribution < -0.4 is 5.73 Å². The highest BCUT2D eigenvalue weighted by Gasteiger charge is 2.32. The first kappa shape index (κ1) is 9.47. The Balaban J connectivity index is 1.78. The number of hydrogen-bond donors (Lipinski definition) is 1. The summed E-state index contributed by atoms with van der Waals surface area (Å²) < 4.78 is 0. The molecule has 13 heavy (non-hydrogen) atoms. The molecule has 2 saturated carbocycles. The lowest BCUT2D eigenvalue weighted by molar-refractivity contribution is 0.235. The van der Waals surface area contributed by atoms with Crippen LogP contribution in [0.15, 0.2) is 0 Å². The molecule has 2 atom stereocenters. The average Bonchev–Trinajstić information content (AvgIpc) is 2.88. The lowest BCUT2D eigenvalue weighted by Crippen LogP contribution is -2.31. The summed E-state index contributed by atoms with van der Waals surface area (Å²) >= 11 is 0. The third-order valence-electron chi connectivity index (χ3n) is 3.81. The van der Waals surface area contributed by atoms with Gasteiger partial charge in [-0.15, -0.1) is 0 Å². The van der Waals surface area contributed by atoms with Gasteiger partial charge in [0.1, 0.15) is 0 Å².